The SMILES string of the molecule is C.N=C=O.N=C=O.O=C(O)c1ccc2c(c1)C(=O)OC2=O. The van der Waals surface area contributed by atoms with Crippen LogP contribution in [0.25, 0.3) is 0 Å². The maximum absolute atomic E-state index is 11.0. The first-order valence-corrected chi connectivity index (χ1v) is 4.64. The molecule has 110 valence electrons. The average Bonchev–Trinajstić information content (AvgIpc) is 2.66. The highest BCUT2D eigenvalue weighted by atomic mass is 16.6. The van der Waals surface area contributed by atoms with E-state index in [1.807, 2.05) is 0 Å². The van der Waals surface area contributed by atoms with Crippen LogP contribution in [-0.2, 0) is 14.3 Å². The Hall–Kier alpha value is -3.41. The Labute approximate surface area is 118 Å². The molecule has 0 saturated carbocycles. The van der Waals surface area contributed by atoms with Crippen molar-refractivity contribution in [3.8, 4) is 0 Å². The Morgan fingerprint density at radius 2 is 1.48 bits per heavy atom. The van der Waals surface area contributed by atoms with Crippen LogP contribution in [0.15, 0.2) is 18.2 Å². The van der Waals surface area contributed by atoms with Gasteiger partial charge in [-0.15, -0.1) is 0 Å². The molecule has 0 radical (unpaired) electrons. The average molecular weight is 294 g/mol. The second-order valence-electron chi connectivity index (χ2n) is 2.95. The predicted molar refractivity (Wildman–Crippen MR) is 66.7 cm³/mol. The van der Waals surface area contributed by atoms with Crippen molar-refractivity contribution < 1.29 is 33.8 Å². The minimum absolute atomic E-state index is 0. The molecular weight excluding hydrogens is 284 g/mol. The molecular formula is C12H10N2O7. The van der Waals surface area contributed by atoms with Crippen molar-refractivity contribution in [2.75, 3.05) is 0 Å². The summed E-state index contributed by atoms with van der Waals surface area (Å²) >= 11 is 0. The van der Waals surface area contributed by atoms with Crippen LogP contribution in [0.2, 0.25) is 0 Å². The second-order valence-corrected chi connectivity index (χ2v) is 2.95. The molecule has 0 aromatic heterocycles. The summed E-state index contributed by atoms with van der Waals surface area (Å²) in [7, 11) is 0. The first kappa shape index (κ1) is 19.9. The highest BCUT2D eigenvalue weighted by Crippen LogP contribution is 2.20. The van der Waals surface area contributed by atoms with Gasteiger partial charge >= 0.3 is 17.9 Å². The van der Waals surface area contributed by atoms with Gasteiger partial charge in [0.15, 0.2) is 0 Å². The maximum atomic E-state index is 11.0. The zero-order valence-corrected chi connectivity index (χ0v) is 9.63. The van der Waals surface area contributed by atoms with Crippen LogP contribution in [0.5, 0.6) is 0 Å². The van der Waals surface area contributed by atoms with Gasteiger partial charge in [-0.05, 0) is 18.2 Å². The number of carbonyl (C=O) groups excluding carboxylic acids is 4. The number of benzene rings is 1. The number of isocyanates is 2. The summed E-state index contributed by atoms with van der Waals surface area (Å²) < 4.78 is 4.30. The van der Waals surface area contributed by atoms with E-state index in [4.69, 9.17) is 25.5 Å². The monoisotopic (exact) mass is 294 g/mol. The van der Waals surface area contributed by atoms with Gasteiger partial charge in [-0.25, -0.2) is 34.8 Å². The standard InChI is InChI=1S/C9H4O5.2CHNO.CH4/c10-7(11)4-1-2-5-6(3-4)9(13)14-8(5)12;2*2-1-3;/h1-3H,(H,10,11);2*2H;1H4. The molecule has 1 aliphatic rings. The third kappa shape index (κ3) is 5.39. The van der Waals surface area contributed by atoms with Gasteiger partial charge in [0.2, 0.25) is 12.2 Å². The van der Waals surface area contributed by atoms with E-state index >= 15 is 0 Å². The number of carboxylic acid groups (broad SMARTS) is 1. The molecule has 1 aromatic rings. The van der Waals surface area contributed by atoms with Crippen LogP contribution >= 0.6 is 0 Å². The Bertz CT molecular complexity index is 612. The van der Waals surface area contributed by atoms with Gasteiger partial charge in [0.05, 0.1) is 16.7 Å². The summed E-state index contributed by atoms with van der Waals surface area (Å²) in [6, 6.07) is 3.65. The topological polar surface area (TPSA) is 163 Å². The highest BCUT2D eigenvalue weighted by molar-refractivity contribution is 6.15. The van der Waals surface area contributed by atoms with Crippen LogP contribution < -0.4 is 0 Å². The lowest BCUT2D eigenvalue weighted by molar-refractivity contribution is 0.0443. The van der Waals surface area contributed by atoms with E-state index in [1.165, 1.54) is 12.1 Å². The number of nitrogens with one attached hydrogen (secondary N) is 2. The van der Waals surface area contributed by atoms with Gasteiger partial charge in [-0.3, -0.25) is 0 Å². The number of cyclic esters (lactones) is 2. The minimum atomic E-state index is -1.15. The first-order chi connectivity index (χ1) is 9.42. The van der Waals surface area contributed by atoms with Crippen LogP contribution in [0.1, 0.15) is 38.5 Å². The van der Waals surface area contributed by atoms with Gasteiger partial charge in [0, 0.05) is 0 Å². The number of carbonyl (C=O) groups is 3. The number of hydrogen-bond acceptors (Lipinski definition) is 8. The zero-order valence-electron chi connectivity index (χ0n) is 9.63. The van der Waals surface area contributed by atoms with E-state index in [1.54, 1.807) is 0 Å². The van der Waals surface area contributed by atoms with Crippen molar-refractivity contribution in [3.05, 3.63) is 34.9 Å². The molecule has 9 heteroatoms. The predicted octanol–water partition coefficient (Wildman–Crippen LogP) is 1.13. The van der Waals surface area contributed by atoms with Crippen molar-refractivity contribution in [1.29, 1.82) is 10.8 Å². The summed E-state index contributed by atoms with van der Waals surface area (Å²) in [5.74, 6) is -2.69. The Kier molecular flexibility index (Phi) is 9.02. The second kappa shape index (κ2) is 9.51. The largest absolute Gasteiger partial charge is 0.478 e. The number of rotatable bonds is 1. The smallest absolute Gasteiger partial charge is 0.346 e. The molecule has 1 heterocycles. The van der Waals surface area contributed by atoms with Gasteiger partial charge in [0.1, 0.15) is 0 Å². The molecule has 0 bridgehead atoms. The summed E-state index contributed by atoms with van der Waals surface area (Å²) in [4.78, 5) is 49.2. The van der Waals surface area contributed by atoms with Gasteiger partial charge < -0.3 is 9.84 Å². The van der Waals surface area contributed by atoms with Gasteiger partial charge in [-0.2, -0.15) is 0 Å². The normalized spacial score (nSPS) is 9.90. The summed E-state index contributed by atoms with van der Waals surface area (Å²) in [5.41, 5.74) is 0.0744. The molecule has 1 aliphatic heterocycles. The van der Waals surface area contributed by atoms with E-state index < -0.39 is 17.9 Å². The van der Waals surface area contributed by atoms with Crippen molar-refractivity contribution in [3.63, 3.8) is 0 Å². The summed E-state index contributed by atoms with van der Waals surface area (Å²) in [5, 5.41) is 19.4. The molecule has 2 rings (SSSR count). The summed E-state index contributed by atoms with van der Waals surface area (Å²) in [6.45, 7) is 0. The van der Waals surface area contributed by atoms with Crippen LogP contribution in [-0.4, -0.2) is 35.2 Å². The molecule has 9 nitrogen and oxygen atoms in total. The van der Waals surface area contributed by atoms with Crippen LogP contribution in [0.4, 0.5) is 0 Å². The maximum Gasteiger partial charge on any atom is 0.346 e. The lowest BCUT2D eigenvalue weighted by Gasteiger charge is -1.94. The fourth-order valence-corrected chi connectivity index (χ4v) is 1.22. The van der Waals surface area contributed by atoms with E-state index in [-0.39, 0.29) is 24.1 Å². The molecule has 0 saturated heterocycles. The van der Waals surface area contributed by atoms with E-state index in [9.17, 15) is 14.4 Å². The fourth-order valence-electron chi connectivity index (χ4n) is 1.22. The third-order valence-corrected chi connectivity index (χ3v) is 1.89. The molecule has 0 unspecified atom stereocenters. The number of esters is 2. The van der Waals surface area contributed by atoms with Crippen LogP contribution in [0.3, 0.4) is 0 Å². The molecule has 0 spiro atoms. The van der Waals surface area contributed by atoms with Crippen molar-refractivity contribution in [1.82, 2.24) is 0 Å². The number of carboxylic acids is 1. The van der Waals surface area contributed by atoms with Crippen LogP contribution in [0, 0.1) is 10.8 Å². The molecule has 21 heavy (non-hydrogen) atoms. The molecule has 1 aromatic carbocycles. The van der Waals surface area contributed by atoms with E-state index in [0.717, 1.165) is 18.2 Å². The van der Waals surface area contributed by atoms with E-state index in [0.29, 0.717) is 0 Å². The molecule has 0 atom stereocenters. The minimum Gasteiger partial charge on any atom is -0.478 e. The third-order valence-electron chi connectivity index (χ3n) is 1.89. The van der Waals surface area contributed by atoms with Crippen molar-refractivity contribution in [2.24, 2.45) is 0 Å². The summed E-state index contributed by atoms with van der Waals surface area (Å²) in [6.07, 6.45) is 1.50. The Morgan fingerprint density at radius 1 is 1.05 bits per heavy atom. The zero-order chi connectivity index (χ0) is 15.7. The number of hydrogen-bond donors (Lipinski definition) is 3. The fraction of sp³-hybridized carbons (Fsp3) is 0.0833. The van der Waals surface area contributed by atoms with E-state index in [2.05, 4.69) is 4.74 Å². The lowest BCUT2D eigenvalue weighted by Crippen LogP contribution is -2.00. The molecule has 0 aliphatic carbocycles. The molecule has 0 amide bonds. The quantitative estimate of drug-likeness (QED) is 0.302. The van der Waals surface area contributed by atoms with Gasteiger partial charge in [-0.1, -0.05) is 7.43 Å². The number of aromatic carboxylic acids is 1. The van der Waals surface area contributed by atoms with Gasteiger partial charge in [0.25, 0.3) is 0 Å². The first-order valence-electron chi connectivity index (χ1n) is 4.64. The highest BCUT2D eigenvalue weighted by Gasteiger charge is 2.30. The Morgan fingerprint density at radius 3 is 1.90 bits per heavy atom. The molecule has 0 fully saturated rings. The number of fused-ring (bicyclic) bond motifs is 1. The number of ether oxygens (including phenoxy) is 1. The Balaban J connectivity index is 0. The molecule has 3 N–H and O–H groups in total. The van der Waals surface area contributed by atoms with Crippen molar-refractivity contribution >= 4 is 30.1 Å². The van der Waals surface area contributed by atoms with Crippen molar-refractivity contribution in [2.45, 2.75) is 7.43 Å². The lowest BCUT2D eigenvalue weighted by atomic mass is 10.1.